The average molecular weight is 261 g/mol. The summed E-state index contributed by atoms with van der Waals surface area (Å²) in [6, 6.07) is 3.60. The van der Waals surface area contributed by atoms with Gasteiger partial charge in [-0.05, 0) is 18.9 Å². The molecule has 0 N–H and O–H groups in total. The summed E-state index contributed by atoms with van der Waals surface area (Å²) in [4.78, 5) is 14.2. The first kappa shape index (κ1) is 12.4. The molecule has 1 aliphatic carbocycles. The fraction of sp³-hybridized carbons (Fsp3) is 0.643. The van der Waals surface area contributed by atoms with Crippen LogP contribution in [0.2, 0.25) is 0 Å². The minimum absolute atomic E-state index is 0.0575. The van der Waals surface area contributed by atoms with Crippen LogP contribution in [-0.4, -0.2) is 40.2 Å². The van der Waals surface area contributed by atoms with Crippen molar-refractivity contribution in [1.29, 1.82) is 0 Å². The minimum atomic E-state index is 0.0575. The van der Waals surface area contributed by atoms with Gasteiger partial charge in [0.1, 0.15) is 6.10 Å². The molecule has 19 heavy (non-hydrogen) atoms. The molecule has 1 aromatic heterocycles. The molecule has 1 amide bonds. The van der Waals surface area contributed by atoms with Crippen LogP contribution in [-0.2, 0) is 4.79 Å². The average Bonchev–Trinajstić information content (AvgIpc) is 3.10. The zero-order chi connectivity index (χ0) is 13.1. The molecule has 5 nitrogen and oxygen atoms in total. The molecule has 0 aromatic carbocycles. The van der Waals surface area contributed by atoms with Crippen molar-refractivity contribution in [2.45, 2.75) is 38.2 Å². The van der Waals surface area contributed by atoms with Gasteiger partial charge in [0.2, 0.25) is 11.8 Å². The Kier molecular flexibility index (Phi) is 3.62. The van der Waals surface area contributed by atoms with Gasteiger partial charge >= 0.3 is 0 Å². The largest absolute Gasteiger partial charge is 0.471 e. The third-order valence-electron chi connectivity index (χ3n) is 4.00. The molecular weight excluding hydrogens is 242 g/mol. The summed E-state index contributed by atoms with van der Waals surface area (Å²) in [5.74, 6) is 1.13. The van der Waals surface area contributed by atoms with Gasteiger partial charge in [0, 0.05) is 31.1 Å². The van der Waals surface area contributed by atoms with E-state index in [-0.39, 0.29) is 12.0 Å². The Morgan fingerprint density at radius 2 is 2.16 bits per heavy atom. The zero-order valence-electron chi connectivity index (χ0n) is 11.0. The molecule has 5 heteroatoms. The number of hydrogen-bond acceptors (Lipinski definition) is 4. The summed E-state index contributed by atoms with van der Waals surface area (Å²) >= 11 is 0. The quantitative estimate of drug-likeness (QED) is 0.830. The molecule has 3 rings (SSSR count). The number of hydrogen-bond donors (Lipinski definition) is 0. The molecule has 0 bridgehead atoms. The topological polar surface area (TPSA) is 55.3 Å². The second-order valence-corrected chi connectivity index (χ2v) is 5.36. The van der Waals surface area contributed by atoms with Crippen LogP contribution >= 0.6 is 0 Å². The molecule has 0 spiro atoms. The van der Waals surface area contributed by atoms with Gasteiger partial charge in [-0.2, -0.15) is 5.10 Å². The fourth-order valence-electron chi connectivity index (χ4n) is 2.98. The second kappa shape index (κ2) is 5.55. The van der Waals surface area contributed by atoms with Crippen LogP contribution in [0.15, 0.2) is 18.3 Å². The first-order chi connectivity index (χ1) is 9.33. The summed E-state index contributed by atoms with van der Waals surface area (Å²) in [7, 11) is 0. The first-order valence-electron chi connectivity index (χ1n) is 7.06. The van der Waals surface area contributed by atoms with E-state index in [0.717, 1.165) is 25.8 Å². The maximum absolute atomic E-state index is 12.3. The van der Waals surface area contributed by atoms with Gasteiger partial charge in [-0.3, -0.25) is 4.79 Å². The Morgan fingerprint density at radius 3 is 2.89 bits per heavy atom. The molecule has 1 saturated carbocycles. The highest BCUT2D eigenvalue weighted by atomic mass is 16.5. The predicted molar refractivity (Wildman–Crippen MR) is 69.6 cm³/mol. The van der Waals surface area contributed by atoms with Crippen LogP contribution in [0.4, 0.5) is 0 Å². The van der Waals surface area contributed by atoms with Crippen LogP contribution in [0.3, 0.4) is 0 Å². The Morgan fingerprint density at radius 1 is 1.32 bits per heavy atom. The van der Waals surface area contributed by atoms with Gasteiger partial charge in [0.15, 0.2) is 0 Å². The lowest BCUT2D eigenvalue weighted by molar-refractivity contribution is -0.134. The van der Waals surface area contributed by atoms with Gasteiger partial charge in [-0.15, -0.1) is 5.10 Å². The summed E-state index contributed by atoms with van der Waals surface area (Å²) < 4.78 is 5.75. The normalized spacial score (nSPS) is 23.8. The van der Waals surface area contributed by atoms with Crippen LogP contribution in [0.5, 0.6) is 5.88 Å². The molecule has 2 heterocycles. The van der Waals surface area contributed by atoms with Crippen molar-refractivity contribution < 1.29 is 9.53 Å². The maximum Gasteiger partial charge on any atom is 0.233 e. The standard InChI is InChI=1S/C14H19N3O2/c18-14(11-4-1-2-5-11)17-9-7-12(10-17)19-13-6-3-8-15-16-13/h3,6,8,11-12H,1-2,4-5,7,9-10H2. The summed E-state index contributed by atoms with van der Waals surface area (Å²) in [5, 5.41) is 7.70. The van der Waals surface area contributed by atoms with E-state index in [1.165, 1.54) is 12.8 Å². The number of nitrogens with zero attached hydrogens (tertiary/aromatic N) is 3. The van der Waals surface area contributed by atoms with Crippen molar-refractivity contribution >= 4 is 5.91 Å². The molecule has 2 aliphatic rings. The summed E-state index contributed by atoms with van der Waals surface area (Å²) in [6.07, 6.45) is 7.08. The van der Waals surface area contributed by atoms with Crippen molar-refractivity contribution in [3.8, 4) is 5.88 Å². The number of ether oxygens (including phenoxy) is 1. The second-order valence-electron chi connectivity index (χ2n) is 5.36. The summed E-state index contributed by atoms with van der Waals surface area (Å²) in [6.45, 7) is 1.49. The van der Waals surface area contributed by atoms with E-state index < -0.39 is 0 Å². The molecular formula is C14H19N3O2. The van der Waals surface area contributed by atoms with Gasteiger partial charge in [0.05, 0.1) is 6.54 Å². The molecule has 102 valence electrons. The Bertz CT molecular complexity index is 432. The van der Waals surface area contributed by atoms with E-state index in [0.29, 0.717) is 18.3 Å². The van der Waals surface area contributed by atoms with E-state index >= 15 is 0 Å². The van der Waals surface area contributed by atoms with Crippen molar-refractivity contribution in [3.05, 3.63) is 18.3 Å². The molecule has 1 aliphatic heterocycles. The van der Waals surface area contributed by atoms with Gasteiger partial charge in [0.25, 0.3) is 0 Å². The number of aromatic nitrogens is 2. The predicted octanol–water partition coefficient (Wildman–Crippen LogP) is 1.65. The van der Waals surface area contributed by atoms with E-state index in [2.05, 4.69) is 10.2 Å². The lowest BCUT2D eigenvalue weighted by Gasteiger charge is -2.20. The smallest absolute Gasteiger partial charge is 0.233 e. The highest BCUT2D eigenvalue weighted by Gasteiger charge is 2.33. The molecule has 0 radical (unpaired) electrons. The van der Waals surface area contributed by atoms with E-state index in [1.54, 1.807) is 18.3 Å². The number of carbonyl (C=O) groups excluding carboxylic acids is 1. The lowest BCUT2D eigenvalue weighted by atomic mass is 10.1. The summed E-state index contributed by atoms with van der Waals surface area (Å²) in [5.41, 5.74) is 0. The van der Waals surface area contributed by atoms with Crippen molar-refractivity contribution in [1.82, 2.24) is 15.1 Å². The molecule has 1 atom stereocenters. The van der Waals surface area contributed by atoms with Crippen molar-refractivity contribution in [3.63, 3.8) is 0 Å². The van der Waals surface area contributed by atoms with Crippen LogP contribution in [0, 0.1) is 5.92 Å². The lowest BCUT2D eigenvalue weighted by Crippen LogP contribution is -2.34. The Balaban J connectivity index is 1.53. The monoisotopic (exact) mass is 261 g/mol. The maximum atomic E-state index is 12.3. The van der Waals surface area contributed by atoms with E-state index in [9.17, 15) is 4.79 Å². The molecule has 1 saturated heterocycles. The Labute approximate surface area is 113 Å². The van der Waals surface area contributed by atoms with Gasteiger partial charge in [-0.25, -0.2) is 0 Å². The number of likely N-dealkylation sites (tertiary alicyclic amines) is 1. The number of amides is 1. The SMILES string of the molecule is O=C(C1CCCC1)N1CCC(Oc2cccnn2)C1. The van der Waals surface area contributed by atoms with Crippen molar-refractivity contribution in [2.75, 3.05) is 13.1 Å². The van der Waals surface area contributed by atoms with Crippen LogP contribution < -0.4 is 4.74 Å². The third kappa shape index (κ3) is 2.85. The molecule has 1 unspecified atom stereocenters. The third-order valence-corrected chi connectivity index (χ3v) is 4.00. The zero-order valence-corrected chi connectivity index (χ0v) is 11.0. The number of carbonyl (C=O) groups is 1. The highest BCUT2D eigenvalue weighted by molar-refractivity contribution is 5.79. The van der Waals surface area contributed by atoms with Crippen LogP contribution in [0.25, 0.3) is 0 Å². The number of rotatable bonds is 3. The van der Waals surface area contributed by atoms with Crippen LogP contribution in [0.1, 0.15) is 32.1 Å². The van der Waals surface area contributed by atoms with Gasteiger partial charge < -0.3 is 9.64 Å². The van der Waals surface area contributed by atoms with E-state index in [4.69, 9.17) is 4.74 Å². The molecule has 2 fully saturated rings. The van der Waals surface area contributed by atoms with E-state index in [1.807, 2.05) is 4.90 Å². The fourth-order valence-corrected chi connectivity index (χ4v) is 2.98. The van der Waals surface area contributed by atoms with Gasteiger partial charge in [-0.1, -0.05) is 12.8 Å². The Hall–Kier alpha value is -1.65. The van der Waals surface area contributed by atoms with Crippen molar-refractivity contribution in [2.24, 2.45) is 5.92 Å². The minimum Gasteiger partial charge on any atom is -0.471 e. The first-order valence-corrected chi connectivity index (χ1v) is 7.06. The highest BCUT2D eigenvalue weighted by Crippen LogP contribution is 2.28. The molecule has 1 aromatic rings.